The van der Waals surface area contributed by atoms with Gasteiger partial charge in [-0.2, -0.15) is 0 Å². The maximum absolute atomic E-state index is 12.8. The number of fused-ring (bicyclic) bond motifs is 1. The number of carboxylic acids is 1. The van der Waals surface area contributed by atoms with E-state index in [-0.39, 0.29) is 10.4 Å². The summed E-state index contributed by atoms with van der Waals surface area (Å²) < 4.78 is 1.53. The van der Waals surface area contributed by atoms with Gasteiger partial charge < -0.3 is 10.1 Å². The number of aromatic carboxylic acids is 1. The van der Waals surface area contributed by atoms with Gasteiger partial charge in [-0.15, -0.1) is 11.3 Å². The van der Waals surface area contributed by atoms with Gasteiger partial charge in [0.2, 0.25) is 0 Å². The van der Waals surface area contributed by atoms with Gasteiger partial charge in [0.15, 0.2) is 0 Å². The van der Waals surface area contributed by atoms with E-state index >= 15 is 0 Å². The number of rotatable bonds is 3. The smallest absolute Gasteiger partial charge is 0.346 e. The van der Waals surface area contributed by atoms with Crippen LogP contribution in [0.5, 0.6) is 0 Å². The summed E-state index contributed by atoms with van der Waals surface area (Å²) in [4.78, 5) is 29.0. The van der Waals surface area contributed by atoms with E-state index in [4.69, 9.17) is 0 Å². The molecule has 6 nitrogen and oxygen atoms in total. The summed E-state index contributed by atoms with van der Waals surface area (Å²) in [6, 6.07) is 0.337. The van der Waals surface area contributed by atoms with Crippen LogP contribution < -0.4 is 10.6 Å². The molecule has 0 bridgehead atoms. The van der Waals surface area contributed by atoms with E-state index in [1.54, 1.807) is 6.92 Å². The van der Waals surface area contributed by atoms with Crippen LogP contribution in [0.25, 0.3) is 10.2 Å². The first-order chi connectivity index (χ1) is 10.5. The second kappa shape index (κ2) is 5.72. The van der Waals surface area contributed by atoms with E-state index in [9.17, 15) is 14.7 Å². The summed E-state index contributed by atoms with van der Waals surface area (Å²) in [5, 5.41) is 11.6. The number of carbonyl (C=O) groups is 1. The monoisotopic (exact) mass is 321 g/mol. The molecule has 0 atom stereocenters. The van der Waals surface area contributed by atoms with Gasteiger partial charge in [-0.3, -0.25) is 4.79 Å². The molecule has 0 unspecified atom stereocenters. The number of aromatic nitrogens is 2. The first kappa shape index (κ1) is 15.0. The largest absolute Gasteiger partial charge is 0.477 e. The zero-order valence-electron chi connectivity index (χ0n) is 12.7. The number of nitrogens with zero attached hydrogens (tertiary/aromatic N) is 3. The van der Waals surface area contributed by atoms with E-state index < -0.39 is 5.97 Å². The Labute approximate surface area is 132 Å². The normalized spacial score (nSPS) is 16.1. The van der Waals surface area contributed by atoms with E-state index in [0.717, 1.165) is 24.2 Å². The Morgan fingerprint density at radius 3 is 2.73 bits per heavy atom. The third-order valence-corrected chi connectivity index (χ3v) is 5.66. The van der Waals surface area contributed by atoms with Crippen LogP contribution in [-0.2, 0) is 0 Å². The van der Waals surface area contributed by atoms with Crippen LogP contribution in [0.2, 0.25) is 0 Å². The molecule has 0 spiro atoms. The van der Waals surface area contributed by atoms with Crippen molar-refractivity contribution in [2.75, 3.05) is 12.1 Å². The van der Waals surface area contributed by atoms with Crippen molar-refractivity contribution in [2.24, 2.45) is 0 Å². The van der Waals surface area contributed by atoms with Gasteiger partial charge in [0.25, 0.3) is 5.56 Å². The highest BCUT2D eigenvalue weighted by Gasteiger charge is 2.23. The topological polar surface area (TPSA) is 75.4 Å². The molecule has 118 valence electrons. The quantitative estimate of drug-likeness (QED) is 0.939. The fraction of sp³-hybridized carbons (Fsp3) is 0.533. The summed E-state index contributed by atoms with van der Waals surface area (Å²) in [6.45, 7) is 1.68. The molecule has 0 radical (unpaired) electrons. The van der Waals surface area contributed by atoms with Crippen molar-refractivity contribution in [1.82, 2.24) is 9.66 Å². The zero-order chi connectivity index (χ0) is 15.9. The molecule has 22 heavy (non-hydrogen) atoms. The third kappa shape index (κ3) is 2.39. The summed E-state index contributed by atoms with van der Waals surface area (Å²) in [6.07, 6.45) is 7.27. The lowest BCUT2D eigenvalue weighted by Gasteiger charge is -2.33. The minimum Gasteiger partial charge on any atom is -0.477 e. The predicted molar refractivity (Wildman–Crippen MR) is 86.6 cm³/mol. The zero-order valence-corrected chi connectivity index (χ0v) is 13.5. The van der Waals surface area contributed by atoms with Gasteiger partial charge in [0, 0.05) is 13.1 Å². The molecule has 1 aliphatic carbocycles. The second-order valence-electron chi connectivity index (χ2n) is 5.80. The van der Waals surface area contributed by atoms with Crippen LogP contribution >= 0.6 is 11.3 Å². The molecular formula is C15H19N3O3S. The average Bonchev–Trinajstić information content (AvgIpc) is 2.86. The molecule has 1 saturated carbocycles. The number of hydrogen-bond donors (Lipinski definition) is 1. The van der Waals surface area contributed by atoms with Crippen LogP contribution in [0, 0.1) is 6.92 Å². The van der Waals surface area contributed by atoms with Crippen molar-refractivity contribution < 1.29 is 9.90 Å². The average molecular weight is 321 g/mol. The fourth-order valence-corrected chi connectivity index (χ4v) is 4.15. The van der Waals surface area contributed by atoms with Crippen LogP contribution in [0.1, 0.15) is 47.3 Å². The number of aryl methyl sites for hydroxylation is 1. The fourth-order valence-electron chi connectivity index (χ4n) is 3.17. The number of thiophene rings is 1. The molecule has 1 fully saturated rings. The van der Waals surface area contributed by atoms with Crippen molar-refractivity contribution in [3.63, 3.8) is 0 Å². The van der Waals surface area contributed by atoms with Gasteiger partial charge in [-0.1, -0.05) is 19.3 Å². The highest BCUT2D eigenvalue weighted by molar-refractivity contribution is 7.20. The molecular weight excluding hydrogens is 302 g/mol. The second-order valence-corrected chi connectivity index (χ2v) is 6.80. The van der Waals surface area contributed by atoms with Crippen molar-refractivity contribution in [1.29, 1.82) is 0 Å². The van der Waals surface area contributed by atoms with E-state index in [1.165, 1.54) is 30.3 Å². The van der Waals surface area contributed by atoms with Gasteiger partial charge in [-0.05, 0) is 25.3 Å². The Morgan fingerprint density at radius 2 is 2.09 bits per heavy atom. The Kier molecular flexibility index (Phi) is 3.90. The van der Waals surface area contributed by atoms with E-state index in [2.05, 4.69) is 4.98 Å². The number of hydrogen-bond acceptors (Lipinski definition) is 5. The lowest BCUT2D eigenvalue weighted by atomic mass is 9.95. The molecule has 2 heterocycles. The standard InChI is InChI=1S/C15H19N3O3S/c1-9-11-13(22-12(9)15(20)21)16-8-18(14(11)19)17(2)10-6-4-3-5-7-10/h8,10H,3-7H2,1-2H3,(H,20,21). The molecule has 0 aliphatic heterocycles. The van der Waals surface area contributed by atoms with Crippen molar-refractivity contribution >= 4 is 27.5 Å². The lowest BCUT2D eigenvalue weighted by molar-refractivity contribution is 0.0701. The molecule has 0 saturated heterocycles. The van der Waals surface area contributed by atoms with Crippen LogP contribution in [-0.4, -0.2) is 33.8 Å². The van der Waals surface area contributed by atoms with E-state index in [0.29, 0.717) is 21.8 Å². The van der Waals surface area contributed by atoms with Crippen molar-refractivity contribution in [3.8, 4) is 0 Å². The van der Waals surface area contributed by atoms with Gasteiger partial charge in [0.05, 0.1) is 5.39 Å². The minimum absolute atomic E-state index is 0.181. The molecule has 7 heteroatoms. The first-order valence-electron chi connectivity index (χ1n) is 7.48. The lowest BCUT2D eigenvalue weighted by Crippen LogP contribution is -2.46. The maximum atomic E-state index is 12.8. The van der Waals surface area contributed by atoms with Crippen molar-refractivity contribution in [3.05, 3.63) is 27.1 Å². The van der Waals surface area contributed by atoms with Gasteiger partial charge >= 0.3 is 5.97 Å². The Bertz CT molecular complexity index is 774. The minimum atomic E-state index is -1.01. The molecule has 0 aromatic carbocycles. The summed E-state index contributed by atoms with van der Waals surface area (Å²) in [5.74, 6) is -1.01. The summed E-state index contributed by atoms with van der Waals surface area (Å²) in [7, 11) is 1.91. The predicted octanol–water partition coefficient (Wildman–Crippen LogP) is 2.37. The first-order valence-corrected chi connectivity index (χ1v) is 8.29. The Morgan fingerprint density at radius 1 is 1.41 bits per heavy atom. The molecule has 3 rings (SSSR count). The molecule has 1 N–H and O–H groups in total. The molecule has 2 aromatic rings. The highest BCUT2D eigenvalue weighted by atomic mass is 32.1. The van der Waals surface area contributed by atoms with Crippen LogP contribution in [0.4, 0.5) is 0 Å². The highest BCUT2D eigenvalue weighted by Crippen LogP contribution is 2.27. The van der Waals surface area contributed by atoms with Gasteiger partial charge in [0.1, 0.15) is 16.0 Å². The third-order valence-electron chi connectivity index (χ3n) is 4.47. The number of carboxylic acid groups (broad SMARTS) is 1. The van der Waals surface area contributed by atoms with Crippen LogP contribution in [0.3, 0.4) is 0 Å². The van der Waals surface area contributed by atoms with Crippen molar-refractivity contribution in [2.45, 2.75) is 45.1 Å². The summed E-state index contributed by atoms with van der Waals surface area (Å²) >= 11 is 1.06. The molecule has 0 amide bonds. The molecule has 2 aromatic heterocycles. The van der Waals surface area contributed by atoms with E-state index in [1.807, 2.05) is 12.1 Å². The summed E-state index contributed by atoms with van der Waals surface area (Å²) in [5.41, 5.74) is 0.329. The van der Waals surface area contributed by atoms with Crippen LogP contribution in [0.15, 0.2) is 11.1 Å². The Hall–Kier alpha value is -1.89. The Balaban J connectivity index is 2.08. The SMILES string of the molecule is Cc1c(C(=O)O)sc2ncn(N(C)C3CCCCC3)c(=O)c12. The maximum Gasteiger partial charge on any atom is 0.346 e. The molecule has 1 aliphatic rings. The van der Waals surface area contributed by atoms with Gasteiger partial charge in [-0.25, -0.2) is 14.5 Å².